The maximum absolute atomic E-state index is 3.66. The molecule has 1 heteroatoms. The van der Waals surface area contributed by atoms with Crippen molar-refractivity contribution in [3.05, 3.63) is 0 Å². The van der Waals surface area contributed by atoms with Crippen LogP contribution in [0, 0.1) is 11.3 Å². The molecule has 1 fully saturated rings. The lowest BCUT2D eigenvalue weighted by molar-refractivity contribution is -0.504. The van der Waals surface area contributed by atoms with Gasteiger partial charge in [0, 0.05) is 18.3 Å². The monoisotopic (exact) mass is 238 g/mol. The first kappa shape index (κ1) is 14.7. The fraction of sp³-hybridized carbons (Fsp3) is 0.938. The van der Waals surface area contributed by atoms with Crippen molar-refractivity contribution in [2.45, 2.75) is 85.1 Å². The van der Waals surface area contributed by atoms with Crippen LogP contribution in [-0.2, 0) is 0 Å². The second kappa shape index (κ2) is 7.18. The Morgan fingerprint density at radius 1 is 1.24 bits per heavy atom. The van der Waals surface area contributed by atoms with Crippen molar-refractivity contribution in [2.75, 3.05) is 0 Å². The zero-order valence-corrected chi connectivity index (χ0v) is 12.4. The molecule has 0 amide bonds. The standard InChI is InChI=1S/C16H31N/c1-5-8-10-14-11-16(4,12-14)13-17-15(7-3)9-6-2/h13-15H,5-12H2,1-4H3/p+1. The Bertz CT molecular complexity index is 226. The third kappa shape index (κ3) is 4.81. The molecule has 100 valence electrons. The third-order valence-electron chi connectivity index (χ3n) is 4.27. The van der Waals surface area contributed by atoms with E-state index < -0.39 is 0 Å². The molecule has 1 N–H and O–H groups in total. The average Bonchev–Trinajstić information content (AvgIpc) is 2.29. The summed E-state index contributed by atoms with van der Waals surface area (Å²) in [6.07, 6.45) is 13.3. The van der Waals surface area contributed by atoms with Gasteiger partial charge in [0.1, 0.15) is 12.3 Å². The molecule has 17 heavy (non-hydrogen) atoms. The van der Waals surface area contributed by atoms with Crippen molar-refractivity contribution in [3.63, 3.8) is 0 Å². The predicted molar refractivity (Wildman–Crippen MR) is 76.4 cm³/mol. The fourth-order valence-electron chi connectivity index (χ4n) is 3.15. The third-order valence-corrected chi connectivity index (χ3v) is 4.27. The van der Waals surface area contributed by atoms with Crippen molar-refractivity contribution in [1.29, 1.82) is 0 Å². The van der Waals surface area contributed by atoms with Gasteiger partial charge in [-0.3, -0.25) is 0 Å². The number of rotatable bonds is 8. The summed E-state index contributed by atoms with van der Waals surface area (Å²) in [5.41, 5.74) is 0.486. The first-order valence-electron chi connectivity index (χ1n) is 7.74. The molecule has 1 aliphatic carbocycles. The quantitative estimate of drug-likeness (QED) is 0.624. The Balaban J connectivity index is 2.29. The molecular weight excluding hydrogens is 206 g/mol. The lowest BCUT2D eigenvalue weighted by atomic mass is 9.62. The Labute approximate surface area is 108 Å². The number of unbranched alkanes of at least 4 members (excludes halogenated alkanes) is 1. The summed E-state index contributed by atoms with van der Waals surface area (Å²) in [5.74, 6) is 1.00. The first-order valence-corrected chi connectivity index (χ1v) is 7.74. The highest BCUT2D eigenvalue weighted by molar-refractivity contribution is 5.60. The summed E-state index contributed by atoms with van der Waals surface area (Å²) in [6.45, 7) is 9.27. The van der Waals surface area contributed by atoms with Crippen molar-refractivity contribution >= 4 is 6.21 Å². The molecule has 1 rings (SSSR count). The molecule has 1 atom stereocenters. The molecule has 0 aliphatic heterocycles. The van der Waals surface area contributed by atoms with E-state index >= 15 is 0 Å². The molecule has 1 saturated carbocycles. The zero-order valence-electron chi connectivity index (χ0n) is 12.4. The van der Waals surface area contributed by atoms with Gasteiger partial charge in [-0.2, -0.15) is 0 Å². The van der Waals surface area contributed by atoms with E-state index in [0.717, 1.165) is 5.92 Å². The van der Waals surface area contributed by atoms with Gasteiger partial charge in [-0.05, 0) is 25.2 Å². The van der Waals surface area contributed by atoms with Crippen molar-refractivity contribution in [3.8, 4) is 0 Å². The molecular formula is C16H32N+. The van der Waals surface area contributed by atoms with E-state index in [0.29, 0.717) is 11.5 Å². The minimum Gasteiger partial charge on any atom is -0.249 e. The van der Waals surface area contributed by atoms with Crippen molar-refractivity contribution in [1.82, 2.24) is 0 Å². The van der Waals surface area contributed by atoms with Crippen molar-refractivity contribution < 1.29 is 4.99 Å². The van der Waals surface area contributed by atoms with Gasteiger partial charge in [0.2, 0.25) is 0 Å². The van der Waals surface area contributed by atoms with Crippen LogP contribution >= 0.6 is 0 Å². The molecule has 1 aliphatic rings. The Kier molecular flexibility index (Phi) is 6.22. The normalized spacial score (nSPS) is 30.5. The van der Waals surface area contributed by atoms with Gasteiger partial charge in [-0.15, -0.1) is 0 Å². The summed E-state index contributed by atoms with van der Waals surface area (Å²) in [7, 11) is 0. The summed E-state index contributed by atoms with van der Waals surface area (Å²) in [5, 5.41) is 0. The van der Waals surface area contributed by atoms with E-state index in [-0.39, 0.29) is 0 Å². The van der Waals surface area contributed by atoms with Gasteiger partial charge in [-0.25, -0.2) is 4.99 Å². The van der Waals surface area contributed by atoms with E-state index in [4.69, 9.17) is 0 Å². The number of hydrogen-bond donors (Lipinski definition) is 1. The SMILES string of the molecule is CCCCC1CC(C)(C=[NH+]C(CC)CCC)C1. The average molecular weight is 238 g/mol. The molecule has 0 saturated heterocycles. The second-order valence-electron chi connectivity index (χ2n) is 6.28. The minimum atomic E-state index is 0.486. The Morgan fingerprint density at radius 2 is 1.94 bits per heavy atom. The summed E-state index contributed by atoms with van der Waals surface area (Å²) in [6, 6.07) is 0.700. The fourth-order valence-corrected chi connectivity index (χ4v) is 3.15. The molecule has 1 unspecified atom stereocenters. The van der Waals surface area contributed by atoms with Crippen LogP contribution in [-0.4, -0.2) is 12.3 Å². The van der Waals surface area contributed by atoms with Crippen LogP contribution < -0.4 is 4.99 Å². The van der Waals surface area contributed by atoms with Gasteiger partial charge in [0.05, 0.1) is 0 Å². The highest BCUT2D eigenvalue weighted by Crippen LogP contribution is 2.45. The van der Waals surface area contributed by atoms with Gasteiger partial charge in [0.25, 0.3) is 0 Å². The van der Waals surface area contributed by atoms with Gasteiger partial charge in [0.15, 0.2) is 0 Å². The van der Waals surface area contributed by atoms with Crippen LogP contribution in [0.15, 0.2) is 0 Å². The highest BCUT2D eigenvalue weighted by Gasteiger charge is 2.40. The van der Waals surface area contributed by atoms with Gasteiger partial charge < -0.3 is 0 Å². The topological polar surface area (TPSA) is 14.0 Å². The molecule has 0 spiro atoms. The molecule has 0 radical (unpaired) electrons. The first-order chi connectivity index (χ1) is 8.13. The predicted octanol–water partition coefficient (Wildman–Crippen LogP) is 3.32. The molecule has 1 nitrogen and oxygen atoms in total. The zero-order chi connectivity index (χ0) is 12.7. The van der Waals surface area contributed by atoms with Crippen LogP contribution in [0.4, 0.5) is 0 Å². The largest absolute Gasteiger partial charge is 0.249 e. The van der Waals surface area contributed by atoms with E-state index in [1.54, 1.807) is 0 Å². The maximum Gasteiger partial charge on any atom is 0.150 e. The number of hydrogen-bond acceptors (Lipinski definition) is 0. The van der Waals surface area contributed by atoms with E-state index in [9.17, 15) is 0 Å². The number of nitrogens with one attached hydrogen (secondary N) is 1. The Morgan fingerprint density at radius 3 is 2.47 bits per heavy atom. The summed E-state index contributed by atoms with van der Waals surface area (Å²) < 4.78 is 0. The lowest BCUT2D eigenvalue weighted by Gasteiger charge is -2.41. The Hall–Kier alpha value is -0.330. The van der Waals surface area contributed by atoms with E-state index in [2.05, 4.69) is 38.9 Å². The minimum absolute atomic E-state index is 0.486. The molecule has 0 bridgehead atoms. The molecule has 0 aromatic heterocycles. The summed E-state index contributed by atoms with van der Waals surface area (Å²) >= 11 is 0. The van der Waals surface area contributed by atoms with E-state index in [1.165, 1.54) is 51.4 Å². The van der Waals surface area contributed by atoms with Crippen LogP contribution in [0.5, 0.6) is 0 Å². The van der Waals surface area contributed by atoms with Crippen LogP contribution in [0.2, 0.25) is 0 Å². The smallest absolute Gasteiger partial charge is 0.150 e. The highest BCUT2D eigenvalue weighted by atomic mass is 14.8. The van der Waals surface area contributed by atoms with Crippen LogP contribution in [0.1, 0.15) is 79.1 Å². The van der Waals surface area contributed by atoms with Crippen LogP contribution in [0.25, 0.3) is 0 Å². The van der Waals surface area contributed by atoms with E-state index in [1.807, 2.05) is 0 Å². The van der Waals surface area contributed by atoms with Gasteiger partial charge >= 0.3 is 0 Å². The maximum atomic E-state index is 3.66. The molecule has 0 heterocycles. The molecule has 0 aromatic carbocycles. The van der Waals surface area contributed by atoms with Crippen molar-refractivity contribution in [2.24, 2.45) is 11.3 Å². The lowest BCUT2D eigenvalue weighted by Crippen LogP contribution is -2.78. The van der Waals surface area contributed by atoms with Gasteiger partial charge in [-0.1, -0.05) is 47.0 Å². The molecule has 0 aromatic rings. The second-order valence-corrected chi connectivity index (χ2v) is 6.28. The summed E-state index contributed by atoms with van der Waals surface area (Å²) in [4.78, 5) is 3.66. The van der Waals surface area contributed by atoms with Crippen LogP contribution in [0.3, 0.4) is 0 Å².